The van der Waals surface area contributed by atoms with E-state index in [-0.39, 0.29) is 0 Å². The van der Waals surface area contributed by atoms with Crippen LogP contribution in [0.25, 0.3) is 0 Å². The molecule has 1 aliphatic heterocycles. The summed E-state index contributed by atoms with van der Waals surface area (Å²) in [7, 11) is 0. The SMILES string of the molecule is C[C@@H]1CCC[C@@H](CC(=O)N[C@H]2CCCC23CCOCC3)C1. The van der Waals surface area contributed by atoms with Crippen molar-refractivity contribution in [1.82, 2.24) is 5.32 Å². The predicted octanol–water partition coefficient (Wildman–Crippen LogP) is 3.67. The summed E-state index contributed by atoms with van der Waals surface area (Å²) in [6.07, 6.45) is 11.9. The van der Waals surface area contributed by atoms with Crippen molar-refractivity contribution in [2.75, 3.05) is 13.2 Å². The van der Waals surface area contributed by atoms with Crippen LogP contribution in [0.3, 0.4) is 0 Å². The van der Waals surface area contributed by atoms with Crippen LogP contribution < -0.4 is 5.32 Å². The number of ether oxygens (including phenoxy) is 1. The molecule has 0 aromatic rings. The maximum absolute atomic E-state index is 12.5. The molecule has 3 aliphatic rings. The summed E-state index contributed by atoms with van der Waals surface area (Å²) in [6, 6.07) is 0.412. The van der Waals surface area contributed by atoms with E-state index in [1.54, 1.807) is 0 Å². The van der Waals surface area contributed by atoms with Gasteiger partial charge in [0.05, 0.1) is 0 Å². The molecule has 0 bridgehead atoms. The Morgan fingerprint density at radius 3 is 2.71 bits per heavy atom. The molecule has 2 aliphatic carbocycles. The Morgan fingerprint density at radius 1 is 1.14 bits per heavy atom. The molecule has 1 saturated heterocycles. The lowest BCUT2D eigenvalue weighted by Crippen LogP contribution is -2.47. The molecule has 3 nitrogen and oxygen atoms in total. The fourth-order valence-corrected chi connectivity index (χ4v) is 5.00. The van der Waals surface area contributed by atoms with E-state index in [0.29, 0.717) is 23.3 Å². The van der Waals surface area contributed by atoms with E-state index >= 15 is 0 Å². The Bertz CT molecular complexity index is 362. The van der Waals surface area contributed by atoms with Crippen LogP contribution in [-0.4, -0.2) is 25.2 Å². The monoisotopic (exact) mass is 293 g/mol. The van der Waals surface area contributed by atoms with Gasteiger partial charge in [0.25, 0.3) is 0 Å². The summed E-state index contributed by atoms with van der Waals surface area (Å²) in [6.45, 7) is 4.09. The Morgan fingerprint density at radius 2 is 1.95 bits per heavy atom. The molecule has 120 valence electrons. The van der Waals surface area contributed by atoms with Crippen LogP contribution >= 0.6 is 0 Å². The number of carbonyl (C=O) groups is 1. The molecular formula is C18H31NO2. The molecule has 21 heavy (non-hydrogen) atoms. The Kier molecular flexibility index (Phi) is 4.88. The summed E-state index contributed by atoms with van der Waals surface area (Å²) in [5.41, 5.74) is 0.355. The zero-order chi connectivity index (χ0) is 14.7. The first-order chi connectivity index (χ1) is 10.2. The highest BCUT2D eigenvalue weighted by Crippen LogP contribution is 2.46. The lowest BCUT2D eigenvalue weighted by atomic mass is 9.75. The second kappa shape index (κ2) is 6.68. The van der Waals surface area contributed by atoms with E-state index in [9.17, 15) is 4.79 Å². The van der Waals surface area contributed by atoms with Gasteiger partial charge in [0, 0.05) is 25.7 Å². The summed E-state index contributed by atoms with van der Waals surface area (Å²) < 4.78 is 5.53. The lowest BCUT2D eigenvalue weighted by molar-refractivity contribution is -0.124. The number of amides is 1. The van der Waals surface area contributed by atoms with Gasteiger partial charge >= 0.3 is 0 Å². The fraction of sp³-hybridized carbons (Fsp3) is 0.944. The number of carbonyl (C=O) groups excluding carboxylic acids is 1. The number of nitrogens with one attached hydrogen (secondary N) is 1. The van der Waals surface area contributed by atoms with Crippen molar-refractivity contribution in [3.8, 4) is 0 Å². The van der Waals surface area contributed by atoms with E-state index in [4.69, 9.17) is 4.74 Å². The van der Waals surface area contributed by atoms with Gasteiger partial charge in [-0.15, -0.1) is 0 Å². The quantitative estimate of drug-likeness (QED) is 0.862. The molecule has 1 N–H and O–H groups in total. The number of hydrogen-bond acceptors (Lipinski definition) is 2. The third kappa shape index (κ3) is 3.61. The molecule has 0 radical (unpaired) electrons. The summed E-state index contributed by atoms with van der Waals surface area (Å²) >= 11 is 0. The van der Waals surface area contributed by atoms with Crippen molar-refractivity contribution in [1.29, 1.82) is 0 Å². The van der Waals surface area contributed by atoms with Crippen LogP contribution in [0.15, 0.2) is 0 Å². The Labute approximate surface area is 129 Å². The molecule has 1 heterocycles. The molecular weight excluding hydrogens is 262 g/mol. The summed E-state index contributed by atoms with van der Waals surface area (Å²) in [5.74, 6) is 1.75. The molecule has 0 unspecified atom stereocenters. The smallest absolute Gasteiger partial charge is 0.220 e. The van der Waals surface area contributed by atoms with Gasteiger partial charge in [-0.05, 0) is 55.8 Å². The van der Waals surface area contributed by atoms with Gasteiger partial charge < -0.3 is 10.1 Å². The molecule has 2 saturated carbocycles. The maximum Gasteiger partial charge on any atom is 0.220 e. The van der Waals surface area contributed by atoms with Crippen molar-refractivity contribution < 1.29 is 9.53 Å². The zero-order valence-electron chi connectivity index (χ0n) is 13.5. The largest absolute Gasteiger partial charge is 0.381 e. The fourth-order valence-electron chi connectivity index (χ4n) is 5.00. The molecule has 3 heteroatoms. The Balaban J connectivity index is 1.51. The maximum atomic E-state index is 12.5. The minimum absolute atomic E-state index is 0.312. The molecule has 0 aromatic carbocycles. The van der Waals surface area contributed by atoms with Gasteiger partial charge in [0.2, 0.25) is 5.91 Å². The van der Waals surface area contributed by atoms with E-state index in [1.807, 2.05) is 0 Å². The topological polar surface area (TPSA) is 38.3 Å². The van der Waals surface area contributed by atoms with Crippen LogP contribution in [0.5, 0.6) is 0 Å². The molecule has 1 amide bonds. The first-order valence-corrected chi connectivity index (χ1v) is 9.05. The standard InChI is InChI=1S/C18H31NO2/c1-14-4-2-5-15(12-14)13-17(20)19-16-6-3-7-18(16)8-10-21-11-9-18/h14-16H,2-13H2,1H3,(H,19,20)/t14-,15-,16+/m1/s1. The number of rotatable bonds is 3. The van der Waals surface area contributed by atoms with Crippen LogP contribution in [0.4, 0.5) is 0 Å². The second-order valence-corrected chi connectivity index (χ2v) is 7.83. The van der Waals surface area contributed by atoms with Crippen molar-refractivity contribution in [3.05, 3.63) is 0 Å². The minimum Gasteiger partial charge on any atom is -0.381 e. The normalized spacial score (nSPS) is 35.8. The highest BCUT2D eigenvalue weighted by molar-refractivity contribution is 5.76. The van der Waals surface area contributed by atoms with Crippen molar-refractivity contribution >= 4 is 5.91 Å². The van der Waals surface area contributed by atoms with E-state index in [1.165, 1.54) is 44.9 Å². The first kappa shape index (κ1) is 15.3. The third-order valence-electron chi connectivity index (χ3n) is 6.25. The van der Waals surface area contributed by atoms with Crippen molar-refractivity contribution in [2.45, 2.75) is 77.2 Å². The van der Waals surface area contributed by atoms with Gasteiger partial charge in [-0.2, -0.15) is 0 Å². The van der Waals surface area contributed by atoms with Crippen LogP contribution in [0, 0.1) is 17.3 Å². The molecule has 3 rings (SSSR count). The van der Waals surface area contributed by atoms with E-state index < -0.39 is 0 Å². The van der Waals surface area contributed by atoms with E-state index in [2.05, 4.69) is 12.2 Å². The van der Waals surface area contributed by atoms with Gasteiger partial charge in [-0.3, -0.25) is 4.79 Å². The highest BCUT2D eigenvalue weighted by Gasteiger charge is 2.44. The molecule has 0 aromatic heterocycles. The molecule has 1 spiro atoms. The average molecular weight is 293 g/mol. The molecule has 3 atom stereocenters. The van der Waals surface area contributed by atoms with Gasteiger partial charge in [-0.1, -0.05) is 26.2 Å². The minimum atomic E-state index is 0.312. The van der Waals surface area contributed by atoms with Crippen LogP contribution in [0.2, 0.25) is 0 Å². The van der Waals surface area contributed by atoms with Gasteiger partial charge in [0.15, 0.2) is 0 Å². The lowest BCUT2D eigenvalue weighted by Gasteiger charge is -2.39. The summed E-state index contributed by atoms with van der Waals surface area (Å²) in [4.78, 5) is 12.5. The first-order valence-electron chi connectivity index (χ1n) is 9.05. The highest BCUT2D eigenvalue weighted by atomic mass is 16.5. The van der Waals surface area contributed by atoms with Crippen molar-refractivity contribution in [3.63, 3.8) is 0 Å². The molecule has 3 fully saturated rings. The Hall–Kier alpha value is -0.570. The van der Waals surface area contributed by atoms with Gasteiger partial charge in [-0.25, -0.2) is 0 Å². The van der Waals surface area contributed by atoms with Crippen LogP contribution in [0.1, 0.15) is 71.1 Å². The number of hydrogen-bond donors (Lipinski definition) is 1. The van der Waals surface area contributed by atoms with Gasteiger partial charge in [0.1, 0.15) is 0 Å². The average Bonchev–Trinajstić information content (AvgIpc) is 2.82. The third-order valence-corrected chi connectivity index (χ3v) is 6.25. The summed E-state index contributed by atoms with van der Waals surface area (Å²) in [5, 5.41) is 3.41. The second-order valence-electron chi connectivity index (χ2n) is 7.83. The zero-order valence-corrected chi connectivity index (χ0v) is 13.5. The van der Waals surface area contributed by atoms with Crippen LogP contribution in [-0.2, 0) is 9.53 Å². The van der Waals surface area contributed by atoms with Crippen molar-refractivity contribution in [2.24, 2.45) is 17.3 Å². The van der Waals surface area contributed by atoms with E-state index in [0.717, 1.165) is 38.4 Å². The predicted molar refractivity (Wildman–Crippen MR) is 84.0 cm³/mol.